The molecule has 1 aliphatic heterocycles. The van der Waals surface area contributed by atoms with Crippen LogP contribution in [0, 0.1) is 5.92 Å². The van der Waals surface area contributed by atoms with Gasteiger partial charge in [0.15, 0.2) is 0 Å². The number of fused-ring (bicyclic) bond motifs is 1. The molecule has 1 fully saturated rings. The van der Waals surface area contributed by atoms with Crippen molar-refractivity contribution in [2.45, 2.75) is 64.9 Å². The molecule has 0 N–H and O–H groups in total. The van der Waals surface area contributed by atoms with E-state index in [1.807, 2.05) is 45.2 Å². The number of ether oxygens (including phenoxy) is 1. The van der Waals surface area contributed by atoms with Gasteiger partial charge in [0.05, 0.1) is 5.52 Å². The third-order valence-electron chi connectivity index (χ3n) is 5.50. The number of Topliss-reactive ketones (excluding diaryl/α,β-unsaturated/α-hetero) is 1. The number of likely N-dealkylation sites (tertiary alicyclic amines) is 1. The smallest absolute Gasteiger partial charge is 0.410 e. The zero-order valence-corrected chi connectivity index (χ0v) is 18.0. The Bertz CT molecular complexity index is 864. The summed E-state index contributed by atoms with van der Waals surface area (Å²) in [5, 5.41) is 1.11. The van der Waals surface area contributed by atoms with Crippen LogP contribution < -0.4 is 0 Å². The zero-order chi connectivity index (χ0) is 21.0. The summed E-state index contributed by atoms with van der Waals surface area (Å²) in [7, 11) is 0. The number of hydrogen-bond donors (Lipinski definition) is 0. The first-order valence-electron chi connectivity index (χ1n) is 10.5. The number of ketones is 1. The number of amides is 1. The first kappa shape index (κ1) is 21.3. The van der Waals surface area contributed by atoms with Gasteiger partial charge in [0.2, 0.25) is 0 Å². The topological polar surface area (TPSA) is 59.5 Å². The number of para-hydroxylation sites is 1. The number of rotatable bonds is 5. The predicted octanol–water partition coefficient (Wildman–Crippen LogP) is 5.33. The van der Waals surface area contributed by atoms with Gasteiger partial charge in [0, 0.05) is 31.1 Å². The molecule has 0 spiro atoms. The summed E-state index contributed by atoms with van der Waals surface area (Å²) in [6.45, 7) is 8.75. The lowest BCUT2D eigenvalue weighted by Crippen LogP contribution is -2.41. The quantitative estimate of drug-likeness (QED) is 0.685. The van der Waals surface area contributed by atoms with Crippen LogP contribution in [0.3, 0.4) is 0 Å². The number of piperidine rings is 1. The molecule has 2 heterocycles. The van der Waals surface area contributed by atoms with Gasteiger partial charge in [-0.2, -0.15) is 0 Å². The molecule has 2 aromatic rings. The molecule has 29 heavy (non-hydrogen) atoms. The normalized spacial score (nSPS) is 16.6. The lowest BCUT2D eigenvalue weighted by molar-refractivity contribution is -0.117. The van der Waals surface area contributed by atoms with Crippen LogP contribution in [-0.2, 0) is 9.53 Å². The molecule has 0 radical (unpaired) electrons. The van der Waals surface area contributed by atoms with E-state index in [-0.39, 0.29) is 17.8 Å². The van der Waals surface area contributed by atoms with Crippen LogP contribution >= 0.6 is 0 Å². The summed E-state index contributed by atoms with van der Waals surface area (Å²) in [4.78, 5) is 30.6. The Balaban J connectivity index is 1.65. The maximum absolute atomic E-state index is 12.3. The number of carbonyl (C=O) groups is 2. The maximum Gasteiger partial charge on any atom is 0.410 e. The van der Waals surface area contributed by atoms with Crippen molar-refractivity contribution >= 4 is 22.8 Å². The molecular weight excluding hydrogens is 364 g/mol. The van der Waals surface area contributed by atoms with Gasteiger partial charge in [-0.3, -0.25) is 4.98 Å². The lowest BCUT2D eigenvalue weighted by atomic mass is 9.82. The van der Waals surface area contributed by atoms with Crippen molar-refractivity contribution < 1.29 is 14.3 Å². The summed E-state index contributed by atoms with van der Waals surface area (Å²) in [5.41, 5.74) is 1.64. The summed E-state index contributed by atoms with van der Waals surface area (Å²) in [5.74, 6) is 0.863. The van der Waals surface area contributed by atoms with Crippen molar-refractivity contribution in [1.82, 2.24) is 9.88 Å². The Labute approximate surface area is 173 Å². The summed E-state index contributed by atoms with van der Waals surface area (Å²) < 4.78 is 5.49. The van der Waals surface area contributed by atoms with E-state index in [0.29, 0.717) is 25.4 Å². The van der Waals surface area contributed by atoms with Gasteiger partial charge in [-0.25, -0.2) is 4.79 Å². The van der Waals surface area contributed by atoms with Crippen molar-refractivity contribution in [3.8, 4) is 0 Å². The molecule has 0 bridgehead atoms. The lowest BCUT2D eigenvalue weighted by Gasteiger charge is -2.34. The third kappa shape index (κ3) is 6.02. The molecule has 156 valence electrons. The number of pyridine rings is 1. The Morgan fingerprint density at radius 3 is 2.55 bits per heavy atom. The van der Waals surface area contributed by atoms with Crippen LogP contribution in [0.4, 0.5) is 4.79 Å². The first-order valence-corrected chi connectivity index (χ1v) is 10.5. The highest BCUT2D eigenvalue weighted by atomic mass is 16.6. The molecule has 0 aliphatic carbocycles. The Morgan fingerprint density at radius 2 is 1.90 bits per heavy atom. The molecule has 5 nitrogen and oxygen atoms in total. The molecule has 1 atom stereocenters. The van der Waals surface area contributed by atoms with E-state index >= 15 is 0 Å². The SMILES string of the molecule is CC(=O)CC(CC1CCN(C(=O)OC(C)(C)C)CC1)c1cnc2ccccc2c1. The molecular formula is C24H32N2O3. The second kappa shape index (κ2) is 8.93. The largest absolute Gasteiger partial charge is 0.444 e. The van der Waals surface area contributed by atoms with E-state index in [1.165, 1.54) is 0 Å². The molecule has 1 saturated heterocycles. The third-order valence-corrected chi connectivity index (χ3v) is 5.50. The molecule has 1 unspecified atom stereocenters. The number of benzene rings is 1. The van der Waals surface area contributed by atoms with Crippen LogP contribution in [0.15, 0.2) is 36.5 Å². The van der Waals surface area contributed by atoms with Crippen molar-refractivity contribution in [2.75, 3.05) is 13.1 Å². The Morgan fingerprint density at radius 1 is 1.21 bits per heavy atom. The molecule has 3 rings (SSSR count). The number of hydrogen-bond acceptors (Lipinski definition) is 4. The summed E-state index contributed by atoms with van der Waals surface area (Å²) >= 11 is 0. The fraction of sp³-hybridized carbons (Fsp3) is 0.542. The molecule has 1 aromatic heterocycles. The molecule has 1 aromatic carbocycles. The minimum atomic E-state index is -0.469. The van der Waals surface area contributed by atoms with Crippen LogP contribution in [0.1, 0.15) is 64.9 Å². The molecule has 1 amide bonds. The monoisotopic (exact) mass is 396 g/mol. The average molecular weight is 397 g/mol. The van der Waals surface area contributed by atoms with Gasteiger partial charge < -0.3 is 14.4 Å². The minimum Gasteiger partial charge on any atom is -0.444 e. The van der Waals surface area contributed by atoms with E-state index in [2.05, 4.69) is 17.1 Å². The van der Waals surface area contributed by atoms with Crippen molar-refractivity contribution in [3.63, 3.8) is 0 Å². The van der Waals surface area contributed by atoms with Gasteiger partial charge in [0.1, 0.15) is 11.4 Å². The Hall–Kier alpha value is -2.43. The van der Waals surface area contributed by atoms with Gasteiger partial charge >= 0.3 is 6.09 Å². The number of carbonyl (C=O) groups excluding carboxylic acids is 2. The standard InChI is InChI=1S/C24H32N2O3/c1-17(27)13-20(21-15-19-7-5-6-8-22(19)25-16-21)14-18-9-11-26(12-10-18)23(28)29-24(2,3)4/h5-8,15-16,18,20H,9-14H2,1-4H3. The second-order valence-corrected chi connectivity index (χ2v) is 9.21. The predicted molar refractivity (Wildman–Crippen MR) is 115 cm³/mol. The Kier molecular flexibility index (Phi) is 6.56. The number of nitrogens with zero attached hydrogens (tertiary/aromatic N) is 2. The highest BCUT2D eigenvalue weighted by molar-refractivity contribution is 5.80. The first-order chi connectivity index (χ1) is 13.7. The highest BCUT2D eigenvalue weighted by Crippen LogP contribution is 2.33. The van der Waals surface area contributed by atoms with Crippen molar-refractivity contribution in [3.05, 3.63) is 42.1 Å². The fourth-order valence-electron chi connectivity index (χ4n) is 4.08. The molecule has 5 heteroatoms. The molecule has 0 saturated carbocycles. The second-order valence-electron chi connectivity index (χ2n) is 9.21. The maximum atomic E-state index is 12.3. The van der Waals surface area contributed by atoms with Gasteiger partial charge in [-0.05, 0) is 76.5 Å². The minimum absolute atomic E-state index is 0.169. The average Bonchev–Trinajstić information content (AvgIpc) is 2.66. The number of aromatic nitrogens is 1. The van der Waals surface area contributed by atoms with Crippen LogP contribution in [0.25, 0.3) is 10.9 Å². The van der Waals surface area contributed by atoms with Crippen LogP contribution in [0.2, 0.25) is 0 Å². The highest BCUT2D eigenvalue weighted by Gasteiger charge is 2.29. The zero-order valence-electron chi connectivity index (χ0n) is 18.0. The summed E-state index contributed by atoms with van der Waals surface area (Å²) in [6.07, 6.45) is 5.05. The van der Waals surface area contributed by atoms with E-state index in [0.717, 1.165) is 35.7 Å². The molecule has 1 aliphatic rings. The van der Waals surface area contributed by atoms with E-state index in [4.69, 9.17) is 4.74 Å². The van der Waals surface area contributed by atoms with Crippen LogP contribution in [0.5, 0.6) is 0 Å². The summed E-state index contributed by atoms with van der Waals surface area (Å²) in [6, 6.07) is 10.2. The fourth-order valence-corrected chi connectivity index (χ4v) is 4.08. The van der Waals surface area contributed by atoms with Gasteiger partial charge in [-0.1, -0.05) is 18.2 Å². The van der Waals surface area contributed by atoms with Gasteiger partial charge in [-0.15, -0.1) is 0 Å². The van der Waals surface area contributed by atoms with Crippen molar-refractivity contribution in [1.29, 1.82) is 0 Å². The van der Waals surface area contributed by atoms with Crippen LogP contribution in [-0.4, -0.2) is 40.5 Å². The van der Waals surface area contributed by atoms with Crippen molar-refractivity contribution in [2.24, 2.45) is 5.92 Å². The van der Waals surface area contributed by atoms with E-state index < -0.39 is 5.60 Å². The van der Waals surface area contributed by atoms with E-state index in [1.54, 1.807) is 11.8 Å². The van der Waals surface area contributed by atoms with Gasteiger partial charge in [0.25, 0.3) is 0 Å². The van der Waals surface area contributed by atoms with E-state index in [9.17, 15) is 9.59 Å².